The summed E-state index contributed by atoms with van der Waals surface area (Å²) in [6.07, 6.45) is 0. The molecule has 0 bridgehead atoms. The van der Waals surface area contributed by atoms with Gasteiger partial charge < -0.3 is 4.55 Å². The molecule has 2 aromatic rings. The lowest BCUT2D eigenvalue weighted by Crippen LogP contribution is -2.50. The molecule has 0 aromatic heterocycles. The average Bonchev–Trinajstić information content (AvgIpc) is 2.40. The zero-order valence-corrected chi connectivity index (χ0v) is 11.4. The molecule has 0 spiro atoms. The van der Waals surface area contributed by atoms with E-state index in [1.54, 1.807) is 0 Å². The first kappa shape index (κ1) is 13.2. The Bertz CT molecular complexity index is 574. The van der Waals surface area contributed by atoms with Crippen molar-refractivity contribution in [2.24, 2.45) is 0 Å². The van der Waals surface area contributed by atoms with Gasteiger partial charge in [0.15, 0.2) is 17.0 Å². The van der Waals surface area contributed by atoms with Gasteiger partial charge in [-0.2, -0.15) is 0 Å². The topological polar surface area (TPSA) is 40.1 Å². The van der Waals surface area contributed by atoms with Crippen molar-refractivity contribution in [1.29, 1.82) is 0 Å². The second-order valence-electron chi connectivity index (χ2n) is 4.24. The van der Waals surface area contributed by atoms with Gasteiger partial charge in [-0.3, -0.25) is 0 Å². The Morgan fingerprint density at radius 3 is 2.28 bits per heavy atom. The smallest absolute Gasteiger partial charge is 0.153 e. The molecule has 18 heavy (non-hydrogen) atoms. The van der Waals surface area contributed by atoms with Crippen LogP contribution in [-0.4, -0.2) is 21.9 Å². The van der Waals surface area contributed by atoms with Gasteiger partial charge in [0.25, 0.3) is 0 Å². The van der Waals surface area contributed by atoms with Crippen molar-refractivity contribution in [3.63, 3.8) is 0 Å². The van der Waals surface area contributed by atoms with Crippen LogP contribution in [0.15, 0.2) is 42.5 Å². The van der Waals surface area contributed by atoms with E-state index in [0.29, 0.717) is 13.1 Å². The van der Waals surface area contributed by atoms with Crippen LogP contribution < -0.4 is 3.89 Å². The lowest BCUT2D eigenvalue weighted by Gasteiger charge is -2.36. The first-order valence-electron chi connectivity index (χ1n) is 6.11. The van der Waals surface area contributed by atoms with Gasteiger partial charge in [-0.15, -0.1) is 0 Å². The molecule has 96 valence electrons. The molecule has 0 heterocycles. The van der Waals surface area contributed by atoms with E-state index in [1.807, 2.05) is 56.3 Å². The minimum atomic E-state index is -2.18. The summed E-state index contributed by atoms with van der Waals surface area (Å²) in [5.41, 5.74) is 0.853. The molecule has 2 rings (SSSR count). The van der Waals surface area contributed by atoms with Crippen molar-refractivity contribution in [2.45, 2.75) is 13.8 Å². The molecule has 0 amide bonds. The highest BCUT2D eigenvalue weighted by Gasteiger charge is 2.30. The van der Waals surface area contributed by atoms with Crippen LogP contribution in [-0.2, 0) is 11.3 Å². The Kier molecular flexibility index (Phi) is 3.80. The van der Waals surface area contributed by atoms with Gasteiger partial charge in [0.1, 0.15) is 0 Å². The predicted molar refractivity (Wildman–Crippen MR) is 75.7 cm³/mol. The normalized spacial score (nSPS) is 13.7. The molecule has 3 nitrogen and oxygen atoms in total. The molecule has 0 fully saturated rings. The quantitative estimate of drug-likeness (QED) is 0.628. The predicted octanol–water partition coefficient (Wildman–Crippen LogP) is 2.98. The van der Waals surface area contributed by atoms with Gasteiger partial charge in [-0.25, -0.2) is 8.10 Å². The fourth-order valence-electron chi connectivity index (χ4n) is 2.42. The molecule has 0 aliphatic heterocycles. The number of hydrogen-bond donors (Lipinski definition) is 0. The molecular weight excluding hydrogens is 246 g/mol. The fraction of sp³-hybridized carbons (Fsp3) is 0.286. The molecule has 0 saturated carbocycles. The van der Waals surface area contributed by atoms with E-state index in [0.717, 1.165) is 16.5 Å². The Morgan fingerprint density at radius 2 is 1.67 bits per heavy atom. The van der Waals surface area contributed by atoms with E-state index in [-0.39, 0.29) is 3.89 Å². The zero-order valence-electron chi connectivity index (χ0n) is 10.6. The highest BCUT2D eigenvalue weighted by Crippen LogP contribution is 2.32. The molecule has 0 saturated heterocycles. The first-order valence-corrected chi connectivity index (χ1v) is 7.14. The molecule has 2 aromatic carbocycles. The summed E-state index contributed by atoms with van der Waals surface area (Å²) in [6.45, 7) is 4.86. The summed E-state index contributed by atoms with van der Waals surface area (Å²) in [7, 11) is 0. The average molecular weight is 263 g/mol. The third kappa shape index (κ3) is 1.96. The van der Waals surface area contributed by atoms with E-state index in [4.69, 9.17) is 0 Å². The van der Waals surface area contributed by atoms with Crippen LogP contribution in [0.25, 0.3) is 10.8 Å². The monoisotopic (exact) mass is 263 g/mol. The summed E-state index contributed by atoms with van der Waals surface area (Å²) in [6, 6.07) is 13.7. The van der Waals surface area contributed by atoms with Crippen LogP contribution in [0.4, 0.5) is 5.69 Å². The van der Waals surface area contributed by atoms with E-state index >= 15 is 0 Å². The summed E-state index contributed by atoms with van der Waals surface area (Å²) >= 11 is -2.18. The number of quaternary nitrogens is 1. The van der Waals surface area contributed by atoms with Crippen molar-refractivity contribution in [3.8, 4) is 0 Å². The van der Waals surface area contributed by atoms with E-state index in [1.165, 1.54) is 0 Å². The number of fused-ring (bicyclic) bond motifs is 1. The van der Waals surface area contributed by atoms with Crippen LogP contribution >= 0.6 is 0 Å². The van der Waals surface area contributed by atoms with E-state index < -0.39 is 11.3 Å². The maximum absolute atomic E-state index is 11.7. The summed E-state index contributed by atoms with van der Waals surface area (Å²) in [5, 5.41) is 2.08. The number of hydrogen-bond acceptors (Lipinski definition) is 2. The largest absolute Gasteiger partial charge is 0.724 e. The number of rotatable bonds is 4. The number of nitrogens with zero attached hydrogens (tertiary/aromatic N) is 1. The van der Waals surface area contributed by atoms with Crippen LogP contribution in [0.2, 0.25) is 0 Å². The van der Waals surface area contributed by atoms with Gasteiger partial charge in [-0.1, -0.05) is 30.3 Å². The Balaban J connectivity index is 2.76. The Hall–Kier alpha value is -1.23. The summed E-state index contributed by atoms with van der Waals surface area (Å²) < 4.78 is 23.4. The molecule has 0 N–H and O–H groups in total. The Morgan fingerprint density at radius 1 is 1.06 bits per heavy atom. The third-order valence-electron chi connectivity index (χ3n) is 3.51. The highest BCUT2D eigenvalue weighted by atomic mass is 32.2. The first-order chi connectivity index (χ1) is 8.65. The SMILES string of the molecule is CC[N+](CC)(c1cccc2ccccc12)S(=O)[O-]. The zero-order chi connectivity index (χ0) is 13.2. The van der Waals surface area contributed by atoms with Gasteiger partial charge >= 0.3 is 0 Å². The lowest BCUT2D eigenvalue weighted by atomic mass is 10.1. The fourth-order valence-corrected chi connectivity index (χ4v) is 3.16. The maximum Gasteiger partial charge on any atom is 0.153 e. The molecule has 0 aliphatic carbocycles. The summed E-state index contributed by atoms with van der Waals surface area (Å²) in [5.74, 6) is 0. The lowest BCUT2D eigenvalue weighted by molar-refractivity contribution is 0.409. The van der Waals surface area contributed by atoms with Crippen LogP contribution in [0.3, 0.4) is 0 Å². The van der Waals surface area contributed by atoms with Gasteiger partial charge in [0.2, 0.25) is 0 Å². The van der Waals surface area contributed by atoms with Crippen molar-refractivity contribution < 1.29 is 8.76 Å². The molecule has 4 heteroatoms. The Labute approximate surface area is 110 Å². The second-order valence-corrected chi connectivity index (χ2v) is 5.37. The minimum absolute atomic E-state index is 0.0264. The minimum Gasteiger partial charge on any atom is -0.724 e. The molecule has 0 aliphatic rings. The third-order valence-corrected chi connectivity index (χ3v) is 4.80. The molecule has 1 unspecified atom stereocenters. The standard InChI is InChI=1S/C14H17NO2S/c1-3-15(4-2,18(16)17)14-11-7-9-12-8-5-6-10-13(12)14/h5-11H,3-4H2,1-2H3. The van der Waals surface area contributed by atoms with Crippen LogP contribution in [0, 0.1) is 0 Å². The van der Waals surface area contributed by atoms with Crippen molar-refractivity contribution >= 4 is 27.7 Å². The van der Waals surface area contributed by atoms with Crippen molar-refractivity contribution in [2.75, 3.05) is 13.1 Å². The van der Waals surface area contributed by atoms with E-state index in [2.05, 4.69) is 0 Å². The van der Waals surface area contributed by atoms with Gasteiger partial charge in [-0.05, 0) is 25.3 Å². The van der Waals surface area contributed by atoms with Crippen LogP contribution in [0.1, 0.15) is 13.8 Å². The molecule has 1 atom stereocenters. The van der Waals surface area contributed by atoms with Crippen molar-refractivity contribution in [1.82, 2.24) is 3.89 Å². The molecule has 0 radical (unpaired) electrons. The van der Waals surface area contributed by atoms with Crippen LogP contribution in [0.5, 0.6) is 0 Å². The maximum atomic E-state index is 11.7. The molecular formula is C14H17NO2S. The number of benzene rings is 2. The van der Waals surface area contributed by atoms with Gasteiger partial charge in [0.05, 0.1) is 13.1 Å². The summed E-state index contributed by atoms with van der Waals surface area (Å²) in [4.78, 5) is 0. The van der Waals surface area contributed by atoms with E-state index in [9.17, 15) is 8.76 Å². The second kappa shape index (κ2) is 5.18. The highest BCUT2D eigenvalue weighted by molar-refractivity contribution is 7.78. The van der Waals surface area contributed by atoms with Gasteiger partial charge in [0, 0.05) is 11.5 Å². The van der Waals surface area contributed by atoms with Crippen molar-refractivity contribution in [3.05, 3.63) is 42.5 Å².